The summed E-state index contributed by atoms with van der Waals surface area (Å²) in [6, 6.07) is 10.5. The largest absolute Gasteiger partial charge is 0.467 e. The second-order valence-corrected chi connectivity index (χ2v) is 9.69. The molecule has 9 nitrogen and oxygen atoms in total. The van der Waals surface area contributed by atoms with Crippen molar-refractivity contribution in [3.63, 3.8) is 0 Å². The van der Waals surface area contributed by atoms with Crippen LogP contribution < -0.4 is 10.0 Å². The SMILES string of the molecule is CCC[C@H](C(=O)NC[C@H]1CCCO1)N(Cc1ccco1)C(=O)CNS(=O)(=O)c1ccccc1. The van der Waals surface area contributed by atoms with Gasteiger partial charge in [-0.3, -0.25) is 9.59 Å². The summed E-state index contributed by atoms with van der Waals surface area (Å²) < 4.78 is 38.4. The number of furan rings is 1. The maximum Gasteiger partial charge on any atom is 0.242 e. The second-order valence-electron chi connectivity index (χ2n) is 7.92. The van der Waals surface area contributed by atoms with Gasteiger partial charge in [0.05, 0.1) is 30.4 Å². The van der Waals surface area contributed by atoms with E-state index in [1.807, 2.05) is 6.92 Å². The van der Waals surface area contributed by atoms with E-state index in [0.717, 1.165) is 12.8 Å². The van der Waals surface area contributed by atoms with Crippen LogP contribution in [0.15, 0.2) is 58.0 Å². The molecule has 3 rings (SSSR count). The van der Waals surface area contributed by atoms with Crippen LogP contribution >= 0.6 is 0 Å². The Morgan fingerprint density at radius 1 is 1.18 bits per heavy atom. The molecular formula is C23H31N3O6S. The van der Waals surface area contributed by atoms with Gasteiger partial charge < -0.3 is 19.4 Å². The molecule has 180 valence electrons. The van der Waals surface area contributed by atoms with Crippen LogP contribution in [0.5, 0.6) is 0 Å². The van der Waals surface area contributed by atoms with E-state index in [0.29, 0.717) is 31.8 Å². The van der Waals surface area contributed by atoms with Gasteiger partial charge in [-0.1, -0.05) is 31.5 Å². The summed E-state index contributed by atoms with van der Waals surface area (Å²) >= 11 is 0. The van der Waals surface area contributed by atoms with Gasteiger partial charge in [0.25, 0.3) is 0 Å². The van der Waals surface area contributed by atoms with E-state index in [9.17, 15) is 18.0 Å². The number of ether oxygens (including phenoxy) is 1. The summed E-state index contributed by atoms with van der Waals surface area (Å²) in [5, 5.41) is 2.90. The molecule has 1 aliphatic rings. The second kappa shape index (κ2) is 12.0. The fourth-order valence-corrected chi connectivity index (χ4v) is 4.72. The fourth-order valence-electron chi connectivity index (χ4n) is 3.72. The van der Waals surface area contributed by atoms with Crippen molar-refractivity contribution < 1.29 is 27.2 Å². The number of nitrogens with zero attached hydrogens (tertiary/aromatic N) is 1. The number of nitrogens with one attached hydrogen (secondary N) is 2. The molecule has 33 heavy (non-hydrogen) atoms. The normalized spacial score (nSPS) is 16.9. The molecule has 0 spiro atoms. The predicted molar refractivity (Wildman–Crippen MR) is 122 cm³/mol. The number of amides is 2. The third-order valence-electron chi connectivity index (χ3n) is 5.46. The Hall–Kier alpha value is -2.69. The Balaban J connectivity index is 1.73. The lowest BCUT2D eigenvalue weighted by atomic mass is 10.1. The maximum atomic E-state index is 13.2. The van der Waals surface area contributed by atoms with Crippen molar-refractivity contribution in [1.82, 2.24) is 14.9 Å². The van der Waals surface area contributed by atoms with Crippen molar-refractivity contribution in [1.29, 1.82) is 0 Å². The molecule has 1 saturated heterocycles. The van der Waals surface area contributed by atoms with E-state index in [4.69, 9.17) is 9.15 Å². The highest BCUT2D eigenvalue weighted by Gasteiger charge is 2.31. The van der Waals surface area contributed by atoms with Gasteiger partial charge >= 0.3 is 0 Å². The third-order valence-corrected chi connectivity index (χ3v) is 6.88. The number of carbonyl (C=O) groups is 2. The van der Waals surface area contributed by atoms with E-state index in [1.54, 1.807) is 30.3 Å². The minimum Gasteiger partial charge on any atom is -0.467 e. The van der Waals surface area contributed by atoms with Crippen molar-refractivity contribution in [2.24, 2.45) is 0 Å². The number of benzene rings is 1. The van der Waals surface area contributed by atoms with Crippen LogP contribution in [0.4, 0.5) is 0 Å². The molecule has 0 unspecified atom stereocenters. The zero-order valence-corrected chi connectivity index (χ0v) is 19.6. The molecule has 2 N–H and O–H groups in total. The standard InChI is InChI=1S/C23H31N3O6S/c1-2-8-21(23(28)24-15-18-9-6-13-31-18)26(17-19-10-7-14-32-19)22(27)16-25-33(29,30)20-11-4-3-5-12-20/h3-5,7,10-12,14,18,21,25H,2,6,8-9,13,15-17H2,1H3,(H,24,28)/t18-,21-/m1/s1. The zero-order chi connectivity index (χ0) is 23.7. The van der Waals surface area contributed by atoms with Gasteiger partial charge in [0, 0.05) is 13.2 Å². The molecule has 0 bridgehead atoms. The Bertz CT molecular complexity index is 988. The van der Waals surface area contributed by atoms with Crippen LogP contribution in [-0.4, -0.2) is 57.0 Å². The van der Waals surface area contributed by atoms with Crippen LogP contribution in [0.25, 0.3) is 0 Å². The first kappa shape index (κ1) is 24.9. The molecule has 1 fully saturated rings. The molecular weight excluding hydrogens is 446 g/mol. The highest BCUT2D eigenvalue weighted by molar-refractivity contribution is 7.89. The van der Waals surface area contributed by atoms with Crippen molar-refractivity contribution in [3.05, 3.63) is 54.5 Å². The van der Waals surface area contributed by atoms with E-state index in [1.165, 1.54) is 23.3 Å². The quantitative estimate of drug-likeness (QED) is 0.483. The summed E-state index contributed by atoms with van der Waals surface area (Å²) in [6.07, 6.45) is 4.40. The van der Waals surface area contributed by atoms with Crippen LogP contribution in [-0.2, 0) is 30.9 Å². The summed E-state index contributed by atoms with van der Waals surface area (Å²) in [6.45, 7) is 2.56. The summed E-state index contributed by atoms with van der Waals surface area (Å²) in [7, 11) is -3.87. The number of hydrogen-bond acceptors (Lipinski definition) is 6. The van der Waals surface area contributed by atoms with Crippen molar-refractivity contribution in [2.75, 3.05) is 19.7 Å². The van der Waals surface area contributed by atoms with Gasteiger partial charge in [-0.25, -0.2) is 13.1 Å². The summed E-state index contributed by atoms with van der Waals surface area (Å²) in [5.74, 6) is -0.308. The highest BCUT2D eigenvalue weighted by Crippen LogP contribution is 2.16. The topological polar surface area (TPSA) is 118 Å². The van der Waals surface area contributed by atoms with Crippen LogP contribution in [0, 0.1) is 0 Å². The van der Waals surface area contributed by atoms with Crippen LogP contribution in [0.2, 0.25) is 0 Å². The van der Waals surface area contributed by atoms with Crippen molar-refractivity contribution >= 4 is 21.8 Å². The fraction of sp³-hybridized carbons (Fsp3) is 0.478. The lowest BCUT2D eigenvalue weighted by Crippen LogP contribution is -2.52. The van der Waals surface area contributed by atoms with Crippen molar-refractivity contribution in [2.45, 2.75) is 56.2 Å². The number of rotatable bonds is 12. The number of hydrogen-bond donors (Lipinski definition) is 2. The Morgan fingerprint density at radius 3 is 2.61 bits per heavy atom. The smallest absolute Gasteiger partial charge is 0.242 e. The maximum absolute atomic E-state index is 13.2. The van der Waals surface area contributed by atoms with Gasteiger partial charge in [0.2, 0.25) is 21.8 Å². The van der Waals surface area contributed by atoms with Gasteiger partial charge in [-0.15, -0.1) is 0 Å². The first-order valence-corrected chi connectivity index (χ1v) is 12.6. The molecule has 10 heteroatoms. The molecule has 0 saturated carbocycles. The molecule has 0 radical (unpaired) electrons. The molecule has 2 aromatic rings. The number of sulfonamides is 1. The Morgan fingerprint density at radius 2 is 1.97 bits per heavy atom. The minimum atomic E-state index is -3.87. The van der Waals surface area contributed by atoms with Gasteiger partial charge in [-0.2, -0.15) is 0 Å². The van der Waals surface area contributed by atoms with Crippen LogP contribution in [0.3, 0.4) is 0 Å². The van der Waals surface area contributed by atoms with Gasteiger partial charge in [0.1, 0.15) is 11.8 Å². The molecule has 2 atom stereocenters. The van der Waals surface area contributed by atoms with Gasteiger partial charge in [-0.05, 0) is 43.5 Å². The minimum absolute atomic E-state index is 0.0249. The first-order valence-electron chi connectivity index (χ1n) is 11.2. The monoisotopic (exact) mass is 477 g/mol. The zero-order valence-electron chi connectivity index (χ0n) is 18.7. The van der Waals surface area contributed by atoms with E-state index in [-0.39, 0.29) is 23.5 Å². The van der Waals surface area contributed by atoms with E-state index >= 15 is 0 Å². The lowest BCUT2D eigenvalue weighted by molar-refractivity contribution is -0.141. The predicted octanol–water partition coefficient (Wildman–Crippen LogP) is 2.05. The molecule has 1 aliphatic heterocycles. The molecule has 2 amide bonds. The average Bonchev–Trinajstić information content (AvgIpc) is 3.53. The molecule has 1 aromatic heterocycles. The summed E-state index contributed by atoms with van der Waals surface area (Å²) in [5.41, 5.74) is 0. The molecule has 1 aromatic carbocycles. The highest BCUT2D eigenvalue weighted by atomic mass is 32.2. The Labute approximate surface area is 194 Å². The number of carbonyl (C=O) groups excluding carboxylic acids is 2. The van der Waals surface area contributed by atoms with Crippen LogP contribution in [0.1, 0.15) is 38.4 Å². The first-order chi connectivity index (χ1) is 15.9. The van der Waals surface area contributed by atoms with Gasteiger partial charge in [0.15, 0.2) is 0 Å². The Kier molecular flexibility index (Phi) is 9.04. The van der Waals surface area contributed by atoms with E-state index in [2.05, 4.69) is 10.0 Å². The molecule has 0 aliphatic carbocycles. The van der Waals surface area contributed by atoms with Crippen molar-refractivity contribution in [3.8, 4) is 0 Å². The lowest BCUT2D eigenvalue weighted by Gasteiger charge is -2.30. The average molecular weight is 478 g/mol. The third kappa shape index (κ3) is 7.15. The summed E-state index contributed by atoms with van der Waals surface area (Å²) in [4.78, 5) is 27.7. The van der Waals surface area contributed by atoms with E-state index < -0.39 is 28.5 Å². The molecule has 2 heterocycles.